The third-order valence-corrected chi connectivity index (χ3v) is 8.02. The van der Waals surface area contributed by atoms with Crippen LogP contribution in [-0.2, 0) is 9.53 Å². The van der Waals surface area contributed by atoms with Crippen molar-refractivity contribution in [3.05, 3.63) is 18.3 Å². The normalized spacial score (nSPS) is 23.1. The first-order valence-electron chi connectivity index (χ1n) is 13.1. The summed E-state index contributed by atoms with van der Waals surface area (Å²) in [4.78, 5) is 33.3. The summed E-state index contributed by atoms with van der Waals surface area (Å²) in [5.41, 5.74) is 5.92. The first-order valence-corrected chi connectivity index (χ1v) is 13.1. The Balaban J connectivity index is 1.48. The smallest absolute Gasteiger partial charge is 0.387 e. The number of halogens is 2. The van der Waals surface area contributed by atoms with Gasteiger partial charge in [-0.3, -0.25) is 4.79 Å². The van der Waals surface area contributed by atoms with E-state index in [0.717, 1.165) is 31.6 Å². The molecule has 206 valence electrons. The molecule has 2 aromatic heterocycles. The Morgan fingerprint density at radius 3 is 2.61 bits per heavy atom. The Hall–Kier alpha value is -3.28. The number of methoxy groups -OCH3 is 1. The number of aromatic nitrogens is 3. The van der Waals surface area contributed by atoms with E-state index in [9.17, 15) is 13.6 Å². The van der Waals surface area contributed by atoms with Gasteiger partial charge in [-0.15, -0.1) is 0 Å². The summed E-state index contributed by atoms with van der Waals surface area (Å²) < 4.78 is 35.9. The van der Waals surface area contributed by atoms with Crippen molar-refractivity contribution >= 4 is 23.5 Å². The van der Waals surface area contributed by atoms with Crippen LogP contribution in [0.5, 0.6) is 5.75 Å². The molecule has 0 spiro atoms. The maximum atomic E-state index is 13.2. The summed E-state index contributed by atoms with van der Waals surface area (Å²) in [5.74, 6) is 1.65. The molecule has 1 aliphatic carbocycles. The van der Waals surface area contributed by atoms with E-state index in [-0.39, 0.29) is 23.5 Å². The number of ether oxygens (including phenoxy) is 2. The minimum atomic E-state index is -3.02. The van der Waals surface area contributed by atoms with Gasteiger partial charge in [0.1, 0.15) is 11.4 Å². The molecule has 6 rings (SSSR count). The molecular formula is C26H35F2N7O3. The Morgan fingerprint density at radius 1 is 1.21 bits per heavy atom. The number of nitrogens with two attached hydrogens (primary N) is 1. The van der Waals surface area contributed by atoms with Crippen molar-refractivity contribution in [2.24, 2.45) is 5.92 Å². The molecule has 12 heteroatoms. The fourth-order valence-corrected chi connectivity index (χ4v) is 5.54. The van der Waals surface area contributed by atoms with E-state index in [1.165, 1.54) is 12.3 Å². The number of amides is 1. The summed E-state index contributed by atoms with van der Waals surface area (Å²) in [6, 6.07) is 3.68. The average molecular weight is 532 g/mol. The maximum absolute atomic E-state index is 13.2. The number of piperazine rings is 1. The number of pyridine rings is 1. The second-order valence-corrected chi connectivity index (χ2v) is 10.8. The zero-order valence-corrected chi connectivity index (χ0v) is 22.2. The summed E-state index contributed by atoms with van der Waals surface area (Å²) in [7, 11) is 1.55. The molecule has 4 fully saturated rings. The van der Waals surface area contributed by atoms with Crippen LogP contribution >= 0.6 is 0 Å². The highest BCUT2D eigenvalue weighted by Crippen LogP contribution is 2.43. The van der Waals surface area contributed by atoms with Crippen molar-refractivity contribution < 1.29 is 23.0 Å². The van der Waals surface area contributed by atoms with Gasteiger partial charge in [0.25, 0.3) is 5.91 Å². The number of hydrogen-bond acceptors (Lipinski definition) is 9. The average Bonchev–Trinajstić information content (AvgIpc) is 3.50. The van der Waals surface area contributed by atoms with E-state index < -0.39 is 12.2 Å². The van der Waals surface area contributed by atoms with Crippen molar-refractivity contribution in [2.75, 3.05) is 48.8 Å². The number of anilines is 3. The Labute approximate surface area is 221 Å². The zero-order valence-electron chi connectivity index (χ0n) is 22.2. The topological polar surface area (TPSA) is 110 Å². The molecule has 10 nitrogen and oxygen atoms in total. The molecule has 2 N–H and O–H groups in total. The molecule has 2 bridgehead atoms. The summed E-state index contributed by atoms with van der Waals surface area (Å²) >= 11 is 0. The monoisotopic (exact) mass is 531 g/mol. The molecule has 3 aliphatic heterocycles. The van der Waals surface area contributed by atoms with Crippen LogP contribution in [0.15, 0.2) is 18.3 Å². The lowest BCUT2D eigenvalue weighted by Crippen LogP contribution is -2.59. The largest absolute Gasteiger partial charge is 0.431 e. The van der Waals surface area contributed by atoms with E-state index in [0.29, 0.717) is 48.8 Å². The van der Waals surface area contributed by atoms with Crippen molar-refractivity contribution in [3.8, 4) is 17.0 Å². The van der Waals surface area contributed by atoms with E-state index in [1.807, 2.05) is 11.0 Å². The Kier molecular flexibility index (Phi) is 7.01. The number of alkyl halides is 2. The Morgan fingerprint density at radius 2 is 1.97 bits per heavy atom. The van der Waals surface area contributed by atoms with Gasteiger partial charge in [0, 0.05) is 63.2 Å². The van der Waals surface area contributed by atoms with Crippen molar-refractivity contribution in [2.45, 2.75) is 64.3 Å². The SMILES string of the molecule is CC[C@H]1CN(c2cc(-c3cnc(N)c(OC(F)F)c3)nc(N3CC4CC3C4)n2)CCN1C(=O)C(C)(C)OC. The highest BCUT2D eigenvalue weighted by Gasteiger charge is 2.44. The van der Waals surface area contributed by atoms with E-state index in [4.69, 9.17) is 20.4 Å². The van der Waals surface area contributed by atoms with Gasteiger partial charge in [-0.25, -0.2) is 9.97 Å². The second kappa shape index (κ2) is 10.1. The molecule has 1 amide bonds. The van der Waals surface area contributed by atoms with E-state index in [2.05, 4.69) is 26.4 Å². The highest BCUT2D eigenvalue weighted by molar-refractivity contribution is 5.85. The number of rotatable bonds is 8. The van der Waals surface area contributed by atoms with Gasteiger partial charge in [-0.05, 0) is 45.1 Å². The van der Waals surface area contributed by atoms with Gasteiger partial charge in [0.2, 0.25) is 5.95 Å². The van der Waals surface area contributed by atoms with Gasteiger partial charge in [-0.1, -0.05) is 6.92 Å². The first-order chi connectivity index (χ1) is 18.1. The van der Waals surface area contributed by atoms with Crippen LogP contribution in [0.3, 0.4) is 0 Å². The molecule has 5 heterocycles. The summed E-state index contributed by atoms with van der Waals surface area (Å²) in [6.07, 6.45) is 4.55. The highest BCUT2D eigenvalue weighted by atomic mass is 19.3. The summed E-state index contributed by atoms with van der Waals surface area (Å²) in [5, 5.41) is 0. The standard InChI is InChI=1S/C26H35F2N7O3/c1-5-17-14-33(6-7-34(17)23(36)26(2,3)37-4)21-11-19(16-10-20(38-24(27)28)22(29)30-12-16)31-25(32-21)35-13-15-8-18(35)9-15/h10-12,15,17-18,24H,5-9,13-14H2,1-4H3,(H2,29,30)/t15?,17-,18?/m0/s1. The maximum Gasteiger partial charge on any atom is 0.387 e. The number of carbonyl (C=O) groups excluding carboxylic acids is 1. The van der Waals surface area contributed by atoms with E-state index >= 15 is 0 Å². The van der Waals surface area contributed by atoms with E-state index in [1.54, 1.807) is 21.0 Å². The van der Waals surface area contributed by atoms with Crippen LogP contribution in [0.4, 0.5) is 26.4 Å². The van der Waals surface area contributed by atoms with Gasteiger partial charge >= 0.3 is 6.61 Å². The molecular weight excluding hydrogens is 496 g/mol. The quantitative estimate of drug-likeness (QED) is 0.549. The minimum Gasteiger partial charge on any atom is -0.431 e. The predicted octanol–water partition coefficient (Wildman–Crippen LogP) is 3.17. The number of hydrogen-bond donors (Lipinski definition) is 1. The lowest BCUT2D eigenvalue weighted by molar-refractivity contribution is -0.154. The minimum absolute atomic E-state index is 0.0172. The van der Waals surface area contributed by atoms with Crippen molar-refractivity contribution in [1.29, 1.82) is 0 Å². The number of nitrogen functional groups attached to an aromatic ring is 1. The second-order valence-electron chi connectivity index (χ2n) is 10.8. The fourth-order valence-electron chi connectivity index (χ4n) is 5.54. The molecule has 2 aromatic rings. The van der Waals surface area contributed by atoms with Crippen LogP contribution in [-0.4, -0.2) is 83.3 Å². The lowest BCUT2D eigenvalue weighted by Gasteiger charge is -2.44. The van der Waals surface area contributed by atoms with Crippen LogP contribution < -0.4 is 20.3 Å². The zero-order chi connectivity index (χ0) is 27.2. The van der Waals surface area contributed by atoms with Gasteiger partial charge in [-0.2, -0.15) is 13.8 Å². The molecule has 1 atom stereocenters. The number of fused-ring (bicyclic) bond motifs is 1. The third kappa shape index (κ3) is 4.93. The number of nitrogens with zero attached hydrogens (tertiary/aromatic N) is 6. The molecule has 1 saturated carbocycles. The molecule has 0 unspecified atom stereocenters. The van der Waals surface area contributed by atoms with Crippen LogP contribution in [0.2, 0.25) is 0 Å². The molecule has 3 saturated heterocycles. The van der Waals surface area contributed by atoms with Gasteiger partial charge in [0.15, 0.2) is 11.6 Å². The molecule has 4 aliphatic rings. The number of carbonyl (C=O) groups is 1. The first kappa shape index (κ1) is 26.3. The molecule has 38 heavy (non-hydrogen) atoms. The molecule has 0 aromatic carbocycles. The van der Waals surface area contributed by atoms with Crippen LogP contribution in [0.25, 0.3) is 11.3 Å². The van der Waals surface area contributed by atoms with Crippen LogP contribution in [0, 0.1) is 5.92 Å². The van der Waals surface area contributed by atoms with Gasteiger partial charge < -0.3 is 29.9 Å². The van der Waals surface area contributed by atoms with Crippen molar-refractivity contribution in [3.63, 3.8) is 0 Å². The van der Waals surface area contributed by atoms with Gasteiger partial charge in [0.05, 0.1) is 5.69 Å². The lowest BCUT2D eigenvalue weighted by atomic mass is 9.86. The predicted molar refractivity (Wildman–Crippen MR) is 139 cm³/mol. The third-order valence-electron chi connectivity index (χ3n) is 8.02. The Bertz CT molecular complexity index is 1190. The van der Waals surface area contributed by atoms with Crippen molar-refractivity contribution in [1.82, 2.24) is 19.9 Å². The summed E-state index contributed by atoms with van der Waals surface area (Å²) in [6.45, 7) is 5.23. The van der Waals surface area contributed by atoms with Crippen LogP contribution in [0.1, 0.15) is 40.0 Å². The molecule has 0 radical (unpaired) electrons. The fraction of sp³-hybridized carbons (Fsp3) is 0.615.